The maximum Gasteiger partial charge on any atom is 0.271 e. The highest BCUT2D eigenvalue weighted by Crippen LogP contribution is 2.42. The van der Waals surface area contributed by atoms with Crippen LogP contribution in [0.5, 0.6) is 0 Å². The molecule has 1 amide bonds. The predicted molar refractivity (Wildman–Crippen MR) is 76.0 cm³/mol. The second-order valence-corrected chi connectivity index (χ2v) is 5.48. The molecule has 1 fully saturated rings. The van der Waals surface area contributed by atoms with Gasteiger partial charge in [0.25, 0.3) is 5.91 Å². The van der Waals surface area contributed by atoms with Gasteiger partial charge in [0.2, 0.25) is 0 Å². The molecule has 0 heterocycles. The number of rotatable bonds is 3. The van der Waals surface area contributed by atoms with Gasteiger partial charge < -0.3 is 0 Å². The number of carbonyl (C=O) groups excluding carboxylic acids is 1. The third-order valence-electron chi connectivity index (χ3n) is 4.15. The van der Waals surface area contributed by atoms with E-state index in [1.807, 2.05) is 37.4 Å². The van der Waals surface area contributed by atoms with Crippen molar-refractivity contribution in [3.8, 4) is 0 Å². The van der Waals surface area contributed by atoms with Crippen LogP contribution in [0.4, 0.5) is 0 Å². The third kappa shape index (κ3) is 2.46. The molecule has 0 saturated heterocycles. The molecule has 0 aromatic heterocycles. The highest BCUT2D eigenvalue weighted by Gasteiger charge is 2.34. The molecule has 3 nitrogen and oxygen atoms in total. The van der Waals surface area contributed by atoms with Crippen molar-refractivity contribution in [2.45, 2.75) is 19.8 Å². The van der Waals surface area contributed by atoms with Crippen molar-refractivity contribution < 1.29 is 4.79 Å². The molecular weight excluding hydrogens is 236 g/mol. The summed E-state index contributed by atoms with van der Waals surface area (Å²) in [5, 5.41) is 4.13. The summed E-state index contributed by atoms with van der Waals surface area (Å²) in [5.74, 6) is 1.72. The van der Waals surface area contributed by atoms with Gasteiger partial charge in [-0.3, -0.25) is 4.79 Å². The highest BCUT2D eigenvalue weighted by molar-refractivity contribution is 5.95. The lowest BCUT2D eigenvalue weighted by atomic mass is 9.95. The normalized spacial score (nSPS) is 28.2. The summed E-state index contributed by atoms with van der Waals surface area (Å²) in [4.78, 5) is 12.0. The fourth-order valence-electron chi connectivity index (χ4n) is 3.07. The zero-order valence-corrected chi connectivity index (χ0v) is 11.0. The minimum Gasteiger partial charge on any atom is -0.267 e. The molecule has 19 heavy (non-hydrogen) atoms. The van der Waals surface area contributed by atoms with Gasteiger partial charge in [-0.25, -0.2) is 5.43 Å². The Labute approximate surface area is 113 Å². The minimum absolute atomic E-state index is 0.131. The van der Waals surface area contributed by atoms with Crippen molar-refractivity contribution >= 4 is 12.1 Å². The van der Waals surface area contributed by atoms with E-state index < -0.39 is 0 Å². The molecule has 3 unspecified atom stereocenters. The number of carbonyl (C=O) groups is 1. The van der Waals surface area contributed by atoms with Gasteiger partial charge in [0.05, 0.1) is 0 Å². The first-order chi connectivity index (χ1) is 9.24. The van der Waals surface area contributed by atoms with Crippen LogP contribution >= 0.6 is 0 Å². The van der Waals surface area contributed by atoms with E-state index in [4.69, 9.17) is 0 Å². The molecule has 3 rings (SSSR count). The fourth-order valence-corrected chi connectivity index (χ4v) is 3.07. The Kier molecular flexibility index (Phi) is 3.20. The van der Waals surface area contributed by atoms with Crippen LogP contribution in [-0.4, -0.2) is 12.1 Å². The van der Waals surface area contributed by atoms with Crippen LogP contribution < -0.4 is 5.43 Å². The predicted octanol–water partition coefficient (Wildman–Crippen LogP) is 2.92. The highest BCUT2D eigenvalue weighted by atomic mass is 16.2. The maximum absolute atomic E-state index is 12.0. The number of aryl methyl sites for hydroxylation is 1. The van der Waals surface area contributed by atoms with Crippen molar-refractivity contribution in [1.82, 2.24) is 5.43 Å². The molecule has 2 aliphatic rings. The molecule has 3 heteroatoms. The molecular formula is C16H18N2O. The molecule has 2 bridgehead atoms. The Morgan fingerprint density at radius 2 is 2.16 bits per heavy atom. The smallest absolute Gasteiger partial charge is 0.267 e. The average Bonchev–Trinajstić information content (AvgIpc) is 3.01. The molecule has 0 radical (unpaired) electrons. The fraction of sp³-hybridized carbons (Fsp3) is 0.375. The number of nitrogens with one attached hydrogen (secondary N) is 1. The number of hydrogen-bond acceptors (Lipinski definition) is 2. The van der Waals surface area contributed by atoms with Crippen molar-refractivity contribution in [3.05, 3.63) is 47.5 Å². The van der Waals surface area contributed by atoms with Gasteiger partial charge in [0.15, 0.2) is 0 Å². The van der Waals surface area contributed by atoms with E-state index in [0.717, 1.165) is 11.5 Å². The molecule has 1 N–H and O–H groups in total. The second-order valence-electron chi connectivity index (χ2n) is 5.48. The van der Waals surface area contributed by atoms with Gasteiger partial charge in [-0.05, 0) is 43.2 Å². The lowest BCUT2D eigenvalue weighted by Crippen LogP contribution is -2.20. The molecule has 0 spiro atoms. The van der Waals surface area contributed by atoms with E-state index in [2.05, 4.69) is 22.7 Å². The Hall–Kier alpha value is -1.90. The topological polar surface area (TPSA) is 41.5 Å². The van der Waals surface area contributed by atoms with Crippen molar-refractivity contribution in [1.29, 1.82) is 0 Å². The Morgan fingerprint density at radius 3 is 2.84 bits per heavy atom. The molecule has 1 aromatic rings. The van der Waals surface area contributed by atoms with E-state index >= 15 is 0 Å². The monoisotopic (exact) mass is 254 g/mol. The van der Waals surface area contributed by atoms with Crippen LogP contribution in [0.25, 0.3) is 0 Å². The van der Waals surface area contributed by atoms with E-state index in [9.17, 15) is 4.79 Å². The Morgan fingerprint density at radius 1 is 1.32 bits per heavy atom. The number of fused-ring (bicyclic) bond motifs is 2. The van der Waals surface area contributed by atoms with Gasteiger partial charge >= 0.3 is 0 Å². The van der Waals surface area contributed by atoms with Crippen LogP contribution in [0.3, 0.4) is 0 Å². The van der Waals surface area contributed by atoms with E-state index in [0.29, 0.717) is 17.4 Å². The van der Waals surface area contributed by atoms with Crippen molar-refractivity contribution in [2.75, 3.05) is 0 Å². The summed E-state index contributed by atoms with van der Waals surface area (Å²) < 4.78 is 0. The van der Waals surface area contributed by atoms with E-state index in [1.165, 1.54) is 12.8 Å². The Bertz CT molecular complexity index is 547. The maximum atomic E-state index is 12.0. The van der Waals surface area contributed by atoms with Gasteiger partial charge in [-0.2, -0.15) is 5.10 Å². The van der Waals surface area contributed by atoms with E-state index in [-0.39, 0.29) is 5.91 Å². The standard InChI is InChI=1S/C16H18N2O/c1-11-4-2-3-5-15(11)16(19)18-17-10-14-9-12-6-7-13(14)8-12/h2-7,10,12-14H,8-9H2,1H3,(H,18,19). The lowest BCUT2D eigenvalue weighted by molar-refractivity contribution is 0.0954. The SMILES string of the molecule is Cc1ccccc1C(=O)NN=CC1CC2C=CC1C2. The number of hydrogen-bond donors (Lipinski definition) is 1. The third-order valence-corrected chi connectivity index (χ3v) is 4.15. The molecule has 1 aromatic carbocycles. The molecule has 0 aliphatic heterocycles. The number of nitrogens with zero attached hydrogens (tertiary/aromatic N) is 1. The Balaban J connectivity index is 1.59. The van der Waals surface area contributed by atoms with Gasteiger partial charge in [0.1, 0.15) is 0 Å². The summed E-state index contributed by atoms with van der Waals surface area (Å²) in [5.41, 5.74) is 4.29. The second kappa shape index (κ2) is 5.00. The molecule has 1 saturated carbocycles. The van der Waals surface area contributed by atoms with Gasteiger partial charge in [0, 0.05) is 17.7 Å². The van der Waals surface area contributed by atoms with Crippen molar-refractivity contribution in [3.63, 3.8) is 0 Å². The quantitative estimate of drug-likeness (QED) is 0.503. The zero-order chi connectivity index (χ0) is 13.2. The molecule has 2 aliphatic carbocycles. The average molecular weight is 254 g/mol. The van der Waals surface area contributed by atoms with Crippen LogP contribution in [0, 0.1) is 24.7 Å². The van der Waals surface area contributed by atoms with E-state index in [1.54, 1.807) is 0 Å². The van der Waals surface area contributed by atoms with Crippen LogP contribution in [0.2, 0.25) is 0 Å². The minimum atomic E-state index is -0.131. The van der Waals surface area contributed by atoms with Gasteiger partial charge in [-0.1, -0.05) is 30.4 Å². The van der Waals surface area contributed by atoms with Crippen LogP contribution in [0.15, 0.2) is 41.5 Å². The molecule has 98 valence electrons. The first kappa shape index (κ1) is 12.2. The van der Waals surface area contributed by atoms with Crippen LogP contribution in [-0.2, 0) is 0 Å². The summed E-state index contributed by atoms with van der Waals surface area (Å²) in [6, 6.07) is 7.54. The summed E-state index contributed by atoms with van der Waals surface area (Å²) >= 11 is 0. The first-order valence-electron chi connectivity index (χ1n) is 6.81. The zero-order valence-electron chi connectivity index (χ0n) is 11.0. The van der Waals surface area contributed by atoms with Gasteiger partial charge in [-0.15, -0.1) is 0 Å². The first-order valence-corrected chi connectivity index (χ1v) is 6.81. The summed E-state index contributed by atoms with van der Waals surface area (Å²) in [7, 11) is 0. The summed E-state index contributed by atoms with van der Waals surface area (Å²) in [6.07, 6.45) is 8.92. The number of allylic oxidation sites excluding steroid dienone is 2. The lowest BCUT2D eigenvalue weighted by Gasteiger charge is -2.12. The summed E-state index contributed by atoms with van der Waals surface area (Å²) in [6.45, 7) is 1.93. The molecule has 3 atom stereocenters. The number of benzene rings is 1. The largest absolute Gasteiger partial charge is 0.271 e. The van der Waals surface area contributed by atoms with Crippen molar-refractivity contribution in [2.24, 2.45) is 22.9 Å². The number of amides is 1. The number of hydrazone groups is 1. The van der Waals surface area contributed by atoms with Crippen LogP contribution in [0.1, 0.15) is 28.8 Å².